The number of rotatable bonds is 6. The van der Waals surface area contributed by atoms with E-state index in [0.29, 0.717) is 18.0 Å². The second kappa shape index (κ2) is 7.20. The first-order chi connectivity index (χ1) is 7.24. The van der Waals surface area contributed by atoms with Gasteiger partial charge in [0.05, 0.1) is 6.61 Å². The van der Waals surface area contributed by atoms with Crippen molar-refractivity contribution in [3.05, 3.63) is 0 Å². The van der Waals surface area contributed by atoms with Crippen LogP contribution in [0.5, 0.6) is 0 Å². The topological polar surface area (TPSA) is 33.3 Å². The summed E-state index contributed by atoms with van der Waals surface area (Å²) in [4.78, 5) is 0. The Labute approximate surface area is 94.0 Å². The molecule has 0 amide bonds. The molecule has 1 heterocycles. The van der Waals surface area contributed by atoms with E-state index in [1.54, 1.807) is 0 Å². The minimum Gasteiger partial charge on any atom is -0.380 e. The molecule has 1 saturated heterocycles. The molecular weight excluding hydrogens is 188 g/mol. The fourth-order valence-corrected chi connectivity index (χ4v) is 1.97. The zero-order valence-electron chi connectivity index (χ0n) is 10.4. The van der Waals surface area contributed by atoms with Gasteiger partial charge in [0.15, 0.2) is 0 Å². The Bertz CT molecular complexity index is 156. The van der Waals surface area contributed by atoms with Crippen molar-refractivity contribution in [3.63, 3.8) is 0 Å². The van der Waals surface area contributed by atoms with Crippen LogP contribution in [-0.2, 0) is 4.74 Å². The number of ether oxygens (including phenoxy) is 1. The van der Waals surface area contributed by atoms with Crippen LogP contribution in [0.4, 0.5) is 0 Å². The van der Waals surface area contributed by atoms with Crippen LogP contribution < -0.4 is 10.6 Å². The van der Waals surface area contributed by atoms with Crippen LogP contribution >= 0.6 is 0 Å². The molecule has 1 fully saturated rings. The third-order valence-corrected chi connectivity index (χ3v) is 3.05. The minimum absolute atomic E-state index is 0.495. The summed E-state index contributed by atoms with van der Waals surface area (Å²) in [5.74, 6) is 0.637. The van der Waals surface area contributed by atoms with E-state index in [1.165, 1.54) is 19.4 Å². The van der Waals surface area contributed by atoms with Crippen molar-refractivity contribution < 1.29 is 4.74 Å². The number of piperidine rings is 1. The molecule has 0 saturated carbocycles. The minimum atomic E-state index is 0.495. The molecule has 1 aliphatic rings. The summed E-state index contributed by atoms with van der Waals surface area (Å²) in [7, 11) is 0. The maximum Gasteiger partial charge on any atom is 0.0622 e. The van der Waals surface area contributed by atoms with Gasteiger partial charge in [0.25, 0.3) is 0 Å². The van der Waals surface area contributed by atoms with E-state index in [0.717, 1.165) is 19.8 Å². The van der Waals surface area contributed by atoms with Gasteiger partial charge in [-0.1, -0.05) is 13.8 Å². The Morgan fingerprint density at radius 2 is 2.27 bits per heavy atom. The van der Waals surface area contributed by atoms with Gasteiger partial charge >= 0.3 is 0 Å². The third kappa shape index (κ3) is 4.96. The zero-order valence-corrected chi connectivity index (χ0v) is 10.4. The van der Waals surface area contributed by atoms with Gasteiger partial charge in [-0.25, -0.2) is 0 Å². The average molecular weight is 214 g/mol. The van der Waals surface area contributed by atoms with Crippen molar-refractivity contribution in [2.75, 3.05) is 26.3 Å². The van der Waals surface area contributed by atoms with Gasteiger partial charge in [0.2, 0.25) is 0 Å². The Hall–Kier alpha value is -0.120. The Morgan fingerprint density at radius 3 is 2.80 bits per heavy atom. The van der Waals surface area contributed by atoms with Gasteiger partial charge in [-0.3, -0.25) is 0 Å². The van der Waals surface area contributed by atoms with Crippen molar-refractivity contribution in [1.29, 1.82) is 0 Å². The molecule has 0 aliphatic carbocycles. The van der Waals surface area contributed by atoms with E-state index < -0.39 is 0 Å². The Morgan fingerprint density at radius 1 is 1.47 bits per heavy atom. The van der Waals surface area contributed by atoms with E-state index in [-0.39, 0.29) is 0 Å². The lowest BCUT2D eigenvalue weighted by Gasteiger charge is -2.31. The Balaban J connectivity index is 2.28. The van der Waals surface area contributed by atoms with Gasteiger partial charge in [-0.15, -0.1) is 0 Å². The fourth-order valence-electron chi connectivity index (χ4n) is 1.97. The largest absolute Gasteiger partial charge is 0.380 e. The molecule has 2 unspecified atom stereocenters. The molecule has 2 N–H and O–H groups in total. The van der Waals surface area contributed by atoms with Crippen LogP contribution in [0.2, 0.25) is 0 Å². The molecule has 90 valence electrons. The smallest absolute Gasteiger partial charge is 0.0622 e. The normalized spacial score (nSPS) is 24.4. The van der Waals surface area contributed by atoms with E-state index in [9.17, 15) is 0 Å². The summed E-state index contributed by atoms with van der Waals surface area (Å²) < 4.78 is 5.52. The predicted octanol–water partition coefficient (Wildman–Crippen LogP) is 1.39. The number of nitrogens with one attached hydrogen (secondary N) is 2. The lowest BCUT2D eigenvalue weighted by Crippen LogP contribution is -2.50. The average Bonchev–Trinajstić information content (AvgIpc) is 2.25. The monoisotopic (exact) mass is 214 g/mol. The van der Waals surface area contributed by atoms with Crippen molar-refractivity contribution in [1.82, 2.24) is 10.6 Å². The van der Waals surface area contributed by atoms with Crippen LogP contribution in [-0.4, -0.2) is 38.4 Å². The van der Waals surface area contributed by atoms with E-state index in [1.807, 2.05) is 0 Å². The van der Waals surface area contributed by atoms with Crippen LogP contribution in [0.3, 0.4) is 0 Å². The molecule has 15 heavy (non-hydrogen) atoms. The molecule has 0 bridgehead atoms. The highest BCUT2D eigenvalue weighted by molar-refractivity contribution is 4.80. The zero-order chi connectivity index (χ0) is 11.1. The number of hydrogen-bond acceptors (Lipinski definition) is 3. The van der Waals surface area contributed by atoms with Crippen molar-refractivity contribution in [3.8, 4) is 0 Å². The highest BCUT2D eigenvalue weighted by atomic mass is 16.5. The van der Waals surface area contributed by atoms with Crippen LogP contribution in [0, 0.1) is 5.92 Å². The standard InChI is InChI=1S/C12H26N2O/c1-4-15-9-12(10(2)3)14-11-6-5-7-13-8-11/h10-14H,4-9H2,1-3H3. The molecule has 1 aliphatic heterocycles. The maximum absolute atomic E-state index is 5.52. The molecule has 0 spiro atoms. The molecule has 1 rings (SSSR count). The molecule has 3 heteroatoms. The van der Waals surface area contributed by atoms with E-state index >= 15 is 0 Å². The van der Waals surface area contributed by atoms with Crippen LogP contribution in [0.15, 0.2) is 0 Å². The summed E-state index contributed by atoms with van der Waals surface area (Å²) in [6.07, 6.45) is 2.58. The lowest BCUT2D eigenvalue weighted by atomic mass is 10.0. The predicted molar refractivity (Wildman–Crippen MR) is 64.1 cm³/mol. The van der Waals surface area contributed by atoms with Gasteiger partial charge in [0.1, 0.15) is 0 Å². The number of hydrogen-bond donors (Lipinski definition) is 2. The maximum atomic E-state index is 5.52. The van der Waals surface area contributed by atoms with Crippen LogP contribution in [0.25, 0.3) is 0 Å². The van der Waals surface area contributed by atoms with Gasteiger partial charge < -0.3 is 15.4 Å². The lowest BCUT2D eigenvalue weighted by molar-refractivity contribution is 0.101. The molecule has 0 aromatic carbocycles. The molecular formula is C12H26N2O. The Kier molecular flexibility index (Phi) is 6.22. The van der Waals surface area contributed by atoms with Crippen molar-refractivity contribution >= 4 is 0 Å². The van der Waals surface area contributed by atoms with E-state index in [2.05, 4.69) is 31.4 Å². The molecule has 0 aromatic rings. The van der Waals surface area contributed by atoms with Gasteiger partial charge in [0, 0.05) is 25.2 Å². The summed E-state index contributed by atoms with van der Waals surface area (Å²) in [6.45, 7) is 10.5. The summed E-state index contributed by atoms with van der Waals surface area (Å²) >= 11 is 0. The van der Waals surface area contributed by atoms with E-state index in [4.69, 9.17) is 4.74 Å². The highest BCUT2D eigenvalue weighted by Crippen LogP contribution is 2.08. The summed E-state index contributed by atoms with van der Waals surface area (Å²) in [5.41, 5.74) is 0. The summed E-state index contributed by atoms with van der Waals surface area (Å²) in [5, 5.41) is 7.13. The first kappa shape index (κ1) is 12.9. The van der Waals surface area contributed by atoms with Crippen molar-refractivity contribution in [2.24, 2.45) is 5.92 Å². The third-order valence-electron chi connectivity index (χ3n) is 3.05. The molecule has 0 radical (unpaired) electrons. The fraction of sp³-hybridized carbons (Fsp3) is 1.00. The second-order valence-electron chi connectivity index (χ2n) is 4.72. The first-order valence-corrected chi connectivity index (χ1v) is 6.28. The van der Waals surface area contributed by atoms with Gasteiger partial charge in [-0.05, 0) is 32.2 Å². The molecule has 0 aromatic heterocycles. The summed E-state index contributed by atoms with van der Waals surface area (Å²) in [6, 6.07) is 1.13. The molecule has 2 atom stereocenters. The SMILES string of the molecule is CCOCC(NC1CCCNC1)C(C)C. The van der Waals surface area contributed by atoms with Crippen molar-refractivity contribution in [2.45, 2.75) is 45.7 Å². The molecule has 3 nitrogen and oxygen atoms in total. The quantitative estimate of drug-likeness (QED) is 0.701. The van der Waals surface area contributed by atoms with Gasteiger partial charge in [-0.2, -0.15) is 0 Å². The van der Waals surface area contributed by atoms with Crippen LogP contribution in [0.1, 0.15) is 33.6 Å². The first-order valence-electron chi connectivity index (χ1n) is 6.28. The second-order valence-corrected chi connectivity index (χ2v) is 4.72. The highest BCUT2D eigenvalue weighted by Gasteiger charge is 2.19.